The predicted octanol–water partition coefficient (Wildman–Crippen LogP) is 4.47. The lowest BCUT2D eigenvalue weighted by Gasteiger charge is -2.32. The van der Waals surface area contributed by atoms with Gasteiger partial charge in [0.25, 0.3) is 0 Å². The van der Waals surface area contributed by atoms with Crippen LogP contribution in [-0.4, -0.2) is 0 Å². The van der Waals surface area contributed by atoms with E-state index in [0.29, 0.717) is 6.04 Å². The maximum Gasteiger partial charge on any atom is 0.117 e. The summed E-state index contributed by atoms with van der Waals surface area (Å²) in [6.07, 6.45) is 0. The van der Waals surface area contributed by atoms with Gasteiger partial charge in [-0.25, -0.2) is 0 Å². The van der Waals surface area contributed by atoms with E-state index >= 15 is 0 Å². The first kappa shape index (κ1) is 13.9. The molecule has 0 spiro atoms. The smallest absolute Gasteiger partial charge is 0.117 e. The fourth-order valence-electron chi connectivity index (χ4n) is 2.35. The van der Waals surface area contributed by atoms with Crippen molar-refractivity contribution in [3.05, 3.63) is 59.5 Å². The fourth-order valence-corrected chi connectivity index (χ4v) is 2.35. The first-order valence-electron chi connectivity index (χ1n) is 6.80. The van der Waals surface area contributed by atoms with E-state index in [1.165, 1.54) is 5.56 Å². The zero-order valence-corrected chi connectivity index (χ0v) is 12.2. The van der Waals surface area contributed by atoms with Crippen LogP contribution in [-0.2, 0) is 6.54 Å². The van der Waals surface area contributed by atoms with Crippen LogP contribution in [0.3, 0.4) is 0 Å². The Morgan fingerprint density at radius 1 is 1.05 bits per heavy atom. The normalized spacial score (nSPS) is 13.5. The number of rotatable bonds is 4. The van der Waals surface area contributed by atoms with E-state index in [0.717, 1.165) is 18.1 Å². The van der Waals surface area contributed by atoms with Crippen molar-refractivity contribution in [3.63, 3.8) is 0 Å². The molecule has 0 radical (unpaired) electrons. The summed E-state index contributed by atoms with van der Waals surface area (Å²) in [7, 11) is 0. The molecular formula is C17H23NO. The van der Waals surface area contributed by atoms with Crippen molar-refractivity contribution in [1.82, 2.24) is 5.32 Å². The molecule has 0 aliphatic rings. The van der Waals surface area contributed by atoms with Gasteiger partial charge in [-0.05, 0) is 30.0 Å². The highest BCUT2D eigenvalue weighted by Crippen LogP contribution is 2.32. The molecule has 2 nitrogen and oxygen atoms in total. The topological polar surface area (TPSA) is 25.2 Å². The maximum atomic E-state index is 5.62. The molecule has 0 amide bonds. The van der Waals surface area contributed by atoms with E-state index in [1.807, 2.05) is 19.1 Å². The first-order valence-corrected chi connectivity index (χ1v) is 6.80. The molecule has 1 heterocycles. The van der Waals surface area contributed by atoms with Crippen LogP contribution in [0.1, 0.15) is 43.9 Å². The molecule has 1 aromatic carbocycles. The zero-order valence-electron chi connectivity index (χ0n) is 12.2. The van der Waals surface area contributed by atoms with Crippen LogP contribution in [0.4, 0.5) is 0 Å². The lowest BCUT2D eigenvalue weighted by molar-refractivity contribution is 0.264. The average molecular weight is 257 g/mol. The van der Waals surface area contributed by atoms with Gasteiger partial charge >= 0.3 is 0 Å². The largest absolute Gasteiger partial charge is 0.465 e. The predicted molar refractivity (Wildman–Crippen MR) is 78.9 cm³/mol. The molecule has 0 fully saturated rings. The third kappa shape index (κ3) is 3.71. The molecule has 1 aromatic heterocycles. The summed E-state index contributed by atoms with van der Waals surface area (Å²) in [4.78, 5) is 0. The minimum atomic E-state index is 0.156. The van der Waals surface area contributed by atoms with Gasteiger partial charge in [-0.2, -0.15) is 0 Å². The zero-order chi connectivity index (χ0) is 13.9. The van der Waals surface area contributed by atoms with Crippen molar-refractivity contribution in [2.45, 2.75) is 40.3 Å². The minimum Gasteiger partial charge on any atom is -0.465 e. The van der Waals surface area contributed by atoms with E-state index in [-0.39, 0.29) is 5.41 Å². The van der Waals surface area contributed by atoms with Crippen molar-refractivity contribution in [2.24, 2.45) is 5.41 Å². The Bertz CT molecular complexity index is 508. The number of hydrogen-bond acceptors (Lipinski definition) is 2. The highest BCUT2D eigenvalue weighted by Gasteiger charge is 2.25. The molecule has 0 aliphatic carbocycles. The molecule has 2 rings (SSSR count). The quantitative estimate of drug-likeness (QED) is 0.874. The van der Waals surface area contributed by atoms with Gasteiger partial charge in [0.05, 0.1) is 6.54 Å². The van der Waals surface area contributed by atoms with Gasteiger partial charge in [-0.1, -0.05) is 51.1 Å². The lowest BCUT2D eigenvalue weighted by Crippen LogP contribution is -2.31. The monoisotopic (exact) mass is 257 g/mol. The SMILES string of the molecule is Cc1ccc(CNC(c2ccccc2)C(C)(C)C)o1. The molecule has 1 unspecified atom stereocenters. The molecule has 1 atom stereocenters. The van der Waals surface area contributed by atoms with Crippen molar-refractivity contribution in [3.8, 4) is 0 Å². The van der Waals surface area contributed by atoms with Crippen LogP contribution >= 0.6 is 0 Å². The molecule has 0 aliphatic heterocycles. The Hall–Kier alpha value is -1.54. The van der Waals surface area contributed by atoms with Gasteiger partial charge in [-0.15, -0.1) is 0 Å². The third-order valence-electron chi connectivity index (χ3n) is 3.28. The van der Waals surface area contributed by atoms with E-state index in [4.69, 9.17) is 4.42 Å². The summed E-state index contributed by atoms with van der Waals surface area (Å²) in [6, 6.07) is 14.9. The van der Waals surface area contributed by atoms with E-state index in [1.54, 1.807) is 0 Å². The second-order valence-corrected chi connectivity index (χ2v) is 6.10. The highest BCUT2D eigenvalue weighted by molar-refractivity contribution is 5.21. The Balaban J connectivity index is 2.11. The summed E-state index contributed by atoms with van der Waals surface area (Å²) >= 11 is 0. The van der Waals surface area contributed by atoms with Crippen LogP contribution in [0.5, 0.6) is 0 Å². The van der Waals surface area contributed by atoms with Crippen molar-refractivity contribution < 1.29 is 4.42 Å². The van der Waals surface area contributed by atoms with Crippen molar-refractivity contribution in [2.75, 3.05) is 0 Å². The first-order chi connectivity index (χ1) is 8.97. The maximum absolute atomic E-state index is 5.62. The van der Waals surface area contributed by atoms with Crippen LogP contribution in [0.15, 0.2) is 46.9 Å². The minimum absolute atomic E-state index is 0.156. The number of aryl methyl sites for hydroxylation is 1. The summed E-state index contributed by atoms with van der Waals surface area (Å²) in [5, 5.41) is 3.61. The Kier molecular flexibility index (Phi) is 4.11. The molecule has 102 valence electrons. The number of nitrogens with one attached hydrogen (secondary N) is 1. The summed E-state index contributed by atoms with van der Waals surface area (Å²) in [5.74, 6) is 1.95. The average Bonchev–Trinajstić information content (AvgIpc) is 2.75. The summed E-state index contributed by atoms with van der Waals surface area (Å²) in [6.45, 7) is 9.49. The summed E-state index contributed by atoms with van der Waals surface area (Å²) in [5.41, 5.74) is 1.47. The van der Waals surface area contributed by atoms with Crippen LogP contribution in [0, 0.1) is 12.3 Å². The molecule has 1 N–H and O–H groups in total. The molecule has 0 bridgehead atoms. The second kappa shape index (κ2) is 5.62. The Morgan fingerprint density at radius 3 is 2.26 bits per heavy atom. The van der Waals surface area contributed by atoms with E-state index in [2.05, 4.69) is 56.4 Å². The highest BCUT2D eigenvalue weighted by atomic mass is 16.3. The third-order valence-corrected chi connectivity index (χ3v) is 3.28. The molecule has 2 heteroatoms. The van der Waals surface area contributed by atoms with Gasteiger partial charge in [0.2, 0.25) is 0 Å². The van der Waals surface area contributed by atoms with E-state index < -0.39 is 0 Å². The molecule has 0 saturated carbocycles. The standard InChI is InChI=1S/C17H23NO/c1-13-10-11-15(19-13)12-18-16(17(2,3)4)14-8-6-5-7-9-14/h5-11,16,18H,12H2,1-4H3. The van der Waals surface area contributed by atoms with Crippen LogP contribution < -0.4 is 5.32 Å². The van der Waals surface area contributed by atoms with Crippen LogP contribution in [0.2, 0.25) is 0 Å². The number of benzene rings is 1. The van der Waals surface area contributed by atoms with E-state index in [9.17, 15) is 0 Å². The van der Waals surface area contributed by atoms with Crippen molar-refractivity contribution >= 4 is 0 Å². The van der Waals surface area contributed by atoms with Crippen LogP contribution in [0.25, 0.3) is 0 Å². The number of furan rings is 1. The lowest BCUT2D eigenvalue weighted by atomic mass is 9.82. The number of hydrogen-bond donors (Lipinski definition) is 1. The van der Waals surface area contributed by atoms with Crippen molar-refractivity contribution in [1.29, 1.82) is 0 Å². The Morgan fingerprint density at radius 2 is 1.74 bits per heavy atom. The van der Waals surface area contributed by atoms with Gasteiger partial charge in [-0.3, -0.25) is 0 Å². The summed E-state index contributed by atoms with van der Waals surface area (Å²) < 4.78 is 5.62. The van der Waals surface area contributed by atoms with Gasteiger partial charge in [0.15, 0.2) is 0 Å². The molecular weight excluding hydrogens is 234 g/mol. The molecule has 0 saturated heterocycles. The Labute approximate surface area is 115 Å². The van der Waals surface area contributed by atoms with Gasteiger partial charge in [0.1, 0.15) is 11.5 Å². The van der Waals surface area contributed by atoms with Gasteiger partial charge in [0, 0.05) is 6.04 Å². The van der Waals surface area contributed by atoms with Gasteiger partial charge < -0.3 is 9.73 Å². The molecule has 2 aromatic rings. The molecule has 19 heavy (non-hydrogen) atoms. The second-order valence-electron chi connectivity index (χ2n) is 6.10. The fraction of sp³-hybridized carbons (Fsp3) is 0.412.